The molecule has 0 bridgehead atoms. The minimum atomic E-state index is 0. The van der Waals surface area contributed by atoms with E-state index >= 15 is 0 Å². The van der Waals surface area contributed by atoms with Crippen LogP contribution in [0.5, 0.6) is 0 Å². The van der Waals surface area contributed by atoms with Crippen LogP contribution in [-0.2, 0) is 10.2 Å². The number of nitrogens with one attached hydrogen (secondary N) is 2. The van der Waals surface area contributed by atoms with Gasteiger partial charge in [0, 0.05) is 49.2 Å². The molecule has 0 atom stereocenters. The van der Waals surface area contributed by atoms with Crippen molar-refractivity contribution in [1.29, 1.82) is 0 Å². The third-order valence-corrected chi connectivity index (χ3v) is 8.57. The van der Waals surface area contributed by atoms with Crippen molar-refractivity contribution in [2.45, 2.75) is 68.7 Å². The Morgan fingerprint density at radius 2 is 1.73 bits per heavy atom. The third-order valence-electron chi connectivity index (χ3n) is 7.46. The average molecular weight is 547 g/mol. The number of hydrogen-bond acceptors (Lipinski definition) is 4. The van der Waals surface area contributed by atoms with Gasteiger partial charge in [-0.05, 0) is 63.1 Å². The number of hydrogen-bond donors (Lipinski definition) is 2. The van der Waals surface area contributed by atoms with Crippen LogP contribution in [0.2, 0.25) is 0 Å². The minimum Gasteiger partial charge on any atom is -0.381 e. The van der Waals surface area contributed by atoms with Crippen LogP contribution in [0.25, 0.3) is 0 Å². The topological polar surface area (TPSA) is 48.9 Å². The molecule has 2 N–H and O–H groups in total. The first-order valence-corrected chi connectivity index (χ1v) is 12.5. The van der Waals surface area contributed by atoms with Crippen molar-refractivity contribution in [3.8, 4) is 0 Å². The van der Waals surface area contributed by atoms with E-state index in [-0.39, 0.29) is 34.9 Å². The van der Waals surface area contributed by atoms with Crippen LogP contribution in [0.1, 0.15) is 62.7 Å². The molecule has 3 fully saturated rings. The first kappa shape index (κ1) is 24.3. The number of ether oxygens (including phenoxy) is 1. The Kier molecular flexibility index (Phi) is 9.28. The Hall–Kier alpha value is -0.380. The molecule has 2 saturated heterocycles. The Morgan fingerprint density at radius 3 is 2.37 bits per heavy atom. The molecule has 3 heterocycles. The van der Waals surface area contributed by atoms with Gasteiger partial charge < -0.3 is 15.4 Å². The van der Waals surface area contributed by atoms with Crippen LogP contribution in [-0.4, -0.2) is 62.8 Å². The van der Waals surface area contributed by atoms with Crippen LogP contribution in [0.15, 0.2) is 22.5 Å². The zero-order valence-electron chi connectivity index (χ0n) is 18.5. The van der Waals surface area contributed by atoms with Crippen molar-refractivity contribution in [1.82, 2.24) is 15.5 Å². The van der Waals surface area contributed by atoms with Crippen LogP contribution >= 0.6 is 35.3 Å². The van der Waals surface area contributed by atoms with E-state index in [1.54, 1.807) is 0 Å². The van der Waals surface area contributed by atoms with E-state index in [0.717, 1.165) is 45.1 Å². The number of halogens is 1. The van der Waals surface area contributed by atoms with E-state index in [2.05, 4.69) is 38.0 Å². The van der Waals surface area contributed by atoms with Crippen LogP contribution in [0, 0.1) is 0 Å². The van der Waals surface area contributed by atoms with Crippen molar-refractivity contribution >= 4 is 41.3 Å². The predicted molar refractivity (Wildman–Crippen MR) is 137 cm³/mol. The smallest absolute Gasteiger partial charge is 0.191 e. The van der Waals surface area contributed by atoms with E-state index < -0.39 is 0 Å². The van der Waals surface area contributed by atoms with Gasteiger partial charge in [-0.25, -0.2) is 0 Å². The second-order valence-electron chi connectivity index (χ2n) is 9.13. The van der Waals surface area contributed by atoms with Crippen LogP contribution < -0.4 is 10.6 Å². The molecule has 0 unspecified atom stereocenters. The standard InChI is InChI=1S/C23H38N4OS.HI/c1-24-21(25-18-22(9-3-2-4-10-22)20-8-7-17-29-20)26-19-23(11-15-28-16-12-23)27-13-5-6-14-27;/h7-8,17H,2-6,9-16,18-19H2,1H3,(H2,24,25,26);1H. The molecule has 0 aromatic carbocycles. The van der Waals surface area contributed by atoms with Crippen LogP contribution in [0.4, 0.5) is 0 Å². The maximum atomic E-state index is 5.70. The summed E-state index contributed by atoms with van der Waals surface area (Å²) in [7, 11) is 1.90. The molecule has 0 spiro atoms. The van der Waals surface area contributed by atoms with Gasteiger partial charge in [0.25, 0.3) is 0 Å². The summed E-state index contributed by atoms with van der Waals surface area (Å²) in [4.78, 5) is 8.83. The molecular weight excluding hydrogens is 507 g/mol. The summed E-state index contributed by atoms with van der Waals surface area (Å²) in [5.74, 6) is 0.955. The van der Waals surface area contributed by atoms with Gasteiger partial charge in [-0.15, -0.1) is 35.3 Å². The Bertz CT molecular complexity index is 648. The summed E-state index contributed by atoms with van der Waals surface area (Å²) in [5.41, 5.74) is 0.498. The van der Waals surface area contributed by atoms with Crippen molar-refractivity contribution in [3.63, 3.8) is 0 Å². The number of thiophene rings is 1. The third kappa shape index (κ3) is 5.51. The normalized spacial score (nSPS) is 24.2. The molecule has 170 valence electrons. The van der Waals surface area contributed by atoms with Crippen molar-refractivity contribution in [2.24, 2.45) is 4.99 Å². The highest BCUT2D eigenvalue weighted by Gasteiger charge is 2.40. The van der Waals surface area contributed by atoms with E-state index in [9.17, 15) is 0 Å². The number of aliphatic imine (C=N–C) groups is 1. The van der Waals surface area contributed by atoms with E-state index in [1.165, 1.54) is 62.9 Å². The van der Waals surface area contributed by atoms with Gasteiger partial charge in [-0.3, -0.25) is 9.89 Å². The summed E-state index contributed by atoms with van der Waals surface area (Å²) in [6.45, 7) is 6.16. The van der Waals surface area contributed by atoms with Crippen LogP contribution in [0.3, 0.4) is 0 Å². The Labute approximate surface area is 203 Å². The molecule has 4 rings (SSSR count). The molecule has 7 heteroatoms. The number of likely N-dealkylation sites (tertiary alicyclic amines) is 1. The SMILES string of the molecule is CN=C(NCC1(c2cccs2)CCCCC1)NCC1(N2CCCC2)CCOCC1.I. The molecule has 1 aromatic rings. The number of nitrogens with zero attached hydrogens (tertiary/aromatic N) is 2. The van der Waals surface area contributed by atoms with E-state index in [0.29, 0.717) is 0 Å². The molecule has 1 saturated carbocycles. The monoisotopic (exact) mass is 546 g/mol. The number of rotatable bonds is 6. The molecular formula is C23H39IN4OS. The lowest BCUT2D eigenvalue weighted by atomic mass is 9.73. The maximum absolute atomic E-state index is 5.70. The van der Waals surface area contributed by atoms with Gasteiger partial charge in [-0.2, -0.15) is 0 Å². The van der Waals surface area contributed by atoms with E-state index in [4.69, 9.17) is 4.74 Å². The Balaban J connectivity index is 0.00000256. The van der Waals surface area contributed by atoms with Gasteiger partial charge in [0.2, 0.25) is 0 Å². The molecule has 1 aliphatic carbocycles. The fourth-order valence-corrected chi connectivity index (χ4v) is 6.58. The summed E-state index contributed by atoms with van der Waals surface area (Å²) in [5, 5.41) is 9.64. The quantitative estimate of drug-likeness (QED) is 0.316. The molecule has 3 aliphatic rings. The predicted octanol–water partition coefficient (Wildman–Crippen LogP) is 4.38. The van der Waals surface area contributed by atoms with Gasteiger partial charge in [0.15, 0.2) is 5.96 Å². The Morgan fingerprint density at radius 1 is 1.03 bits per heavy atom. The summed E-state index contributed by atoms with van der Waals surface area (Å²) in [6, 6.07) is 4.53. The fraction of sp³-hybridized carbons (Fsp3) is 0.783. The zero-order valence-corrected chi connectivity index (χ0v) is 21.6. The molecule has 5 nitrogen and oxygen atoms in total. The lowest BCUT2D eigenvalue weighted by Gasteiger charge is -2.45. The lowest BCUT2D eigenvalue weighted by Crippen LogP contribution is -2.59. The van der Waals surface area contributed by atoms with Gasteiger partial charge in [0.1, 0.15) is 0 Å². The summed E-state index contributed by atoms with van der Waals surface area (Å²) < 4.78 is 5.70. The van der Waals surface area contributed by atoms with Crippen molar-refractivity contribution in [2.75, 3.05) is 46.4 Å². The van der Waals surface area contributed by atoms with Gasteiger partial charge in [0.05, 0.1) is 0 Å². The highest BCUT2D eigenvalue weighted by atomic mass is 127. The zero-order chi connectivity index (χ0) is 20.0. The highest BCUT2D eigenvalue weighted by Crippen LogP contribution is 2.41. The largest absolute Gasteiger partial charge is 0.381 e. The van der Waals surface area contributed by atoms with Gasteiger partial charge >= 0.3 is 0 Å². The van der Waals surface area contributed by atoms with Crippen molar-refractivity contribution in [3.05, 3.63) is 22.4 Å². The van der Waals surface area contributed by atoms with Crippen molar-refractivity contribution < 1.29 is 4.74 Å². The average Bonchev–Trinajstić information content (AvgIpc) is 3.50. The lowest BCUT2D eigenvalue weighted by molar-refractivity contribution is -0.0164. The fourth-order valence-electron chi connectivity index (χ4n) is 5.59. The molecule has 2 aliphatic heterocycles. The highest BCUT2D eigenvalue weighted by molar-refractivity contribution is 14.0. The second-order valence-corrected chi connectivity index (χ2v) is 10.1. The van der Waals surface area contributed by atoms with E-state index in [1.807, 2.05) is 18.4 Å². The molecule has 0 amide bonds. The summed E-state index contributed by atoms with van der Waals surface area (Å²) >= 11 is 1.92. The first-order chi connectivity index (χ1) is 14.3. The number of guanidine groups is 1. The molecule has 30 heavy (non-hydrogen) atoms. The molecule has 0 radical (unpaired) electrons. The minimum absolute atomic E-state index is 0. The first-order valence-electron chi connectivity index (χ1n) is 11.6. The molecule has 1 aromatic heterocycles. The summed E-state index contributed by atoms with van der Waals surface area (Å²) in [6.07, 6.45) is 11.5. The maximum Gasteiger partial charge on any atom is 0.191 e. The van der Waals surface area contributed by atoms with Gasteiger partial charge in [-0.1, -0.05) is 25.3 Å². The second kappa shape index (κ2) is 11.5.